The number of aliphatic hydroxyl groups excluding tert-OH is 10. The highest BCUT2D eigenvalue weighted by Gasteiger charge is 2.33. The molecule has 1 aromatic rings. The number of aliphatic hydroxyl groups is 10. The Morgan fingerprint density at radius 2 is 1.24 bits per heavy atom. The number of amides is 3. The fourth-order valence-electron chi connectivity index (χ4n) is 5.21. The Morgan fingerprint density at radius 3 is 1.75 bits per heavy atom. The summed E-state index contributed by atoms with van der Waals surface area (Å²) in [6, 6.07) is -1.36. The largest absolute Gasteiger partial charge is 0.394 e. The Bertz CT molecular complexity index is 1310. The van der Waals surface area contributed by atoms with Crippen LogP contribution < -0.4 is 16.0 Å². The van der Waals surface area contributed by atoms with E-state index in [2.05, 4.69) is 47.0 Å². The Kier molecular flexibility index (Phi) is 20.7. The summed E-state index contributed by atoms with van der Waals surface area (Å²) < 4.78 is 7.93. The van der Waals surface area contributed by atoms with Gasteiger partial charge >= 0.3 is 0 Å². The van der Waals surface area contributed by atoms with Crippen LogP contribution in [0.1, 0.15) is 86.3 Å². The van der Waals surface area contributed by atoms with E-state index in [0.717, 1.165) is 12.1 Å². The third-order valence-corrected chi connectivity index (χ3v) is 8.99. The van der Waals surface area contributed by atoms with Gasteiger partial charge in [0.25, 0.3) is 0 Å². The summed E-state index contributed by atoms with van der Waals surface area (Å²) >= 11 is 0. The first-order chi connectivity index (χ1) is 25.3. The monoisotopic (exact) mass is 794 g/mol. The quantitative estimate of drug-likeness (QED) is 0.0424. The highest BCUT2D eigenvalue weighted by atomic mass is 16.5. The van der Waals surface area contributed by atoms with E-state index >= 15 is 0 Å². The Balaban J connectivity index is 2.85. The van der Waals surface area contributed by atoms with E-state index in [-0.39, 0.29) is 24.7 Å². The van der Waals surface area contributed by atoms with Crippen molar-refractivity contribution in [1.82, 2.24) is 30.9 Å². The molecule has 3 amide bonds. The average molecular weight is 795 g/mol. The third kappa shape index (κ3) is 18.3. The van der Waals surface area contributed by atoms with Gasteiger partial charge in [0, 0.05) is 38.7 Å². The zero-order chi connectivity index (χ0) is 42.3. The minimum Gasteiger partial charge on any atom is -0.394 e. The van der Waals surface area contributed by atoms with Gasteiger partial charge in [-0.3, -0.25) is 14.4 Å². The molecular weight excluding hydrogens is 728 g/mol. The van der Waals surface area contributed by atoms with Gasteiger partial charge in [-0.1, -0.05) is 26.0 Å². The van der Waals surface area contributed by atoms with Gasteiger partial charge in [-0.15, -0.1) is 5.10 Å². The number of carbonyl (C=O) groups excluding carboxylic acids is 3. The molecule has 0 aromatic carbocycles. The van der Waals surface area contributed by atoms with E-state index in [1.807, 2.05) is 38.6 Å². The molecule has 0 spiro atoms. The normalized spacial score (nSPS) is 17.6. The number of carbonyl (C=O) groups is 3. The highest BCUT2D eigenvalue weighted by Crippen LogP contribution is 2.25. The number of hydrogen-bond acceptors (Lipinski definition) is 16. The molecule has 0 aliphatic rings. The van der Waals surface area contributed by atoms with Crippen LogP contribution in [0, 0.1) is 5.41 Å². The molecule has 1 aromatic heterocycles. The van der Waals surface area contributed by atoms with Gasteiger partial charge in [-0.2, -0.15) is 0 Å². The molecule has 9 atom stereocenters. The van der Waals surface area contributed by atoms with Crippen molar-refractivity contribution in [3.63, 3.8) is 0 Å². The van der Waals surface area contributed by atoms with Crippen molar-refractivity contribution in [3.8, 4) is 0 Å². The molecule has 20 nitrogen and oxygen atoms in total. The van der Waals surface area contributed by atoms with Crippen molar-refractivity contribution in [3.05, 3.63) is 11.9 Å². The summed E-state index contributed by atoms with van der Waals surface area (Å²) in [7, 11) is 0. The maximum atomic E-state index is 13.1. The molecular formula is C35H66N6O14. The number of hydrogen-bond donors (Lipinski definition) is 13. The first-order valence-corrected chi connectivity index (χ1v) is 18.4. The predicted octanol–water partition coefficient (Wildman–Crippen LogP) is -4.06. The molecule has 0 radical (unpaired) electrons. The Labute approximate surface area is 321 Å². The second kappa shape index (κ2) is 22.7. The van der Waals surface area contributed by atoms with Crippen LogP contribution in [0.25, 0.3) is 0 Å². The number of rotatable bonds is 26. The van der Waals surface area contributed by atoms with E-state index in [9.17, 15) is 55.2 Å². The summed E-state index contributed by atoms with van der Waals surface area (Å²) in [6.07, 6.45) is -12.0. The van der Waals surface area contributed by atoms with Crippen LogP contribution in [0.4, 0.5) is 0 Å². The van der Waals surface area contributed by atoms with Crippen LogP contribution in [0.5, 0.6) is 0 Å². The SMILES string of the molecule is CC(C)(C)Cc1cn(C(C)(C)CCOC(C)(C)CCC(=O)NC(CCC(=O)NC[C@H](O)[C@@H](O)[C@H](O)[C@H](O)CO)C(=O)NC[C@H](O)[C@@H](O)[C@H](O)[C@H](O)CO)nn1. The second-order valence-corrected chi connectivity index (χ2v) is 16.4. The van der Waals surface area contributed by atoms with Crippen molar-refractivity contribution in [2.24, 2.45) is 5.41 Å². The molecule has 0 aliphatic heterocycles. The molecule has 55 heavy (non-hydrogen) atoms. The van der Waals surface area contributed by atoms with Gasteiger partial charge in [0.2, 0.25) is 17.7 Å². The molecule has 1 heterocycles. The van der Waals surface area contributed by atoms with E-state index < -0.39 is 116 Å². The molecule has 0 saturated heterocycles. The molecule has 13 N–H and O–H groups in total. The zero-order valence-electron chi connectivity index (χ0n) is 33.0. The van der Waals surface area contributed by atoms with Crippen molar-refractivity contribution in [2.45, 2.75) is 153 Å². The van der Waals surface area contributed by atoms with Crippen LogP contribution in [-0.2, 0) is 31.1 Å². The number of aromatic nitrogens is 3. The van der Waals surface area contributed by atoms with E-state index in [1.165, 1.54) is 0 Å². The van der Waals surface area contributed by atoms with E-state index in [0.29, 0.717) is 13.0 Å². The van der Waals surface area contributed by atoms with Gasteiger partial charge in [0.1, 0.15) is 42.7 Å². The van der Waals surface area contributed by atoms with Gasteiger partial charge < -0.3 is 71.8 Å². The maximum Gasteiger partial charge on any atom is 0.242 e. The van der Waals surface area contributed by atoms with Gasteiger partial charge in [0.05, 0.1) is 42.3 Å². The van der Waals surface area contributed by atoms with Crippen LogP contribution in [-0.4, -0.2) is 177 Å². The van der Waals surface area contributed by atoms with Crippen LogP contribution in [0.2, 0.25) is 0 Å². The van der Waals surface area contributed by atoms with Crippen LogP contribution in [0.3, 0.4) is 0 Å². The van der Waals surface area contributed by atoms with Crippen molar-refractivity contribution in [2.75, 3.05) is 32.9 Å². The minimum absolute atomic E-state index is 0.0569. The Hall–Kier alpha value is -2.89. The molecule has 1 rings (SSSR count). The zero-order valence-corrected chi connectivity index (χ0v) is 33.0. The fourth-order valence-corrected chi connectivity index (χ4v) is 5.21. The summed E-state index contributed by atoms with van der Waals surface area (Å²) in [6.45, 7) is 11.3. The predicted molar refractivity (Wildman–Crippen MR) is 196 cm³/mol. The van der Waals surface area contributed by atoms with E-state index in [1.54, 1.807) is 0 Å². The summed E-state index contributed by atoms with van der Waals surface area (Å²) in [5, 5.41) is 113. The number of nitrogens with zero attached hydrogens (tertiary/aromatic N) is 3. The van der Waals surface area contributed by atoms with Crippen LogP contribution >= 0.6 is 0 Å². The topological polar surface area (TPSA) is 330 Å². The molecule has 0 aliphatic carbocycles. The highest BCUT2D eigenvalue weighted by molar-refractivity contribution is 5.88. The third-order valence-electron chi connectivity index (χ3n) is 8.99. The fraction of sp³-hybridized carbons (Fsp3) is 0.857. The molecule has 1 unspecified atom stereocenters. The Morgan fingerprint density at radius 1 is 0.727 bits per heavy atom. The summed E-state index contributed by atoms with van der Waals surface area (Å²) in [5.41, 5.74) is -0.235. The van der Waals surface area contributed by atoms with E-state index in [4.69, 9.17) is 14.9 Å². The lowest BCUT2D eigenvalue weighted by Gasteiger charge is -2.30. The van der Waals surface area contributed by atoms with Crippen molar-refractivity contribution < 1.29 is 70.2 Å². The van der Waals surface area contributed by atoms with Gasteiger partial charge in [-0.25, -0.2) is 4.68 Å². The number of nitrogens with one attached hydrogen (secondary N) is 3. The molecule has 0 fully saturated rings. The maximum absolute atomic E-state index is 13.1. The molecule has 320 valence electrons. The smallest absolute Gasteiger partial charge is 0.242 e. The van der Waals surface area contributed by atoms with Crippen molar-refractivity contribution >= 4 is 17.7 Å². The summed E-state index contributed by atoms with van der Waals surface area (Å²) in [4.78, 5) is 38.8. The minimum atomic E-state index is -1.96. The second-order valence-electron chi connectivity index (χ2n) is 16.4. The molecule has 20 heteroatoms. The van der Waals surface area contributed by atoms with Gasteiger partial charge in [-0.05, 0) is 58.8 Å². The van der Waals surface area contributed by atoms with Crippen LogP contribution in [0.15, 0.2) is 6.20 Å². The summed E-state index contributed by atoms with van der Waals surface area (Å²) in [5.74, 6) is -2.19. The molecule has 0 saturated carbocycles. The lowest BCUT2D eigenvalue weighted by atomic mass is 9.91. The van der Waals surface area contributed by atoms with Gasteiger partial charge in [0.15, 0.2) is 0 Å². The standard InChI is InChI=1S/C35H66N6O14/c1-33(2,3)14-20-17-41(40-39-20)34(4,5)12-13-55-35(6,7)11-10-27(49)38-21(32(54)37-16-23(45)29(51)31(53)25(47)19-43)8-9-26(48)36-15-22(44)28(50)30(52)24(46)18-42/h17,21-25,28-31,42-47,50-53H,8-16,18-19H2,1-7H3,(H,36,48)(H,37,54)(H,38,49)/t21?,22-,23-,24+,25+,28+,29+,30+,31+/m0/s1. The lowest BCUT2D eigenvalue weighted by molar-refractivity contribution is -0.132. The lowest BCUT2D eigenvalue weighted by Crippen LogP contribution is -2.53. The first-order valence-electron chi connectivity index (χ1n) is 18.4. The number of ether oxygens (including phenoxy) is 1. The van der Waals surface area contributed by atoms with Crippen molar-refractivity contribution in [1.29, 1.82) is 0 Å². The molecule has 0 bridgehead atoms. The average Bonchev–Trinajstić information content (AvgIpc) is 3.59. The first kappa shape index (κ1) is 50.1.